The number of piperazine rings is 1. The fraction of sp³-hybridized carbons (Fsp3) is 0.556. The van der Waals surface area contributed by atoms with Crippen molar-refractivity contribution < 1.29 is 9.59 Å². The van der Waals surface area contributed by atoms with Gasteiger partial charge in [-0.2, -0.15) is 0 Å². The van der Waals surface area contributed by atoms with Crippen molar-refractivity contribution in [3.63, 3.8) is 0 Å². The maximum absolute atomic E-state index is 12.3. The molecule has 0 spiro atoms. The van der Waals surface area contributed by atoms with Gasteiger partial charge in [-0.1, -0.05) is 25.5 Å². The molecule has 1 aromatic carbocycles. The molecule has 0 atom stereocenters. The molecule has 0 radical (unpaired) electrons. The molecule has 2 amide bonds. The normalized spacial score (nSPS) is 14.7. The molecule has 1 aliphatic heterocycles. The number of carbonyl (C=O) groups excluding carboxylic acids is 2. The Labute approximate surface area is 138 Å². The van der Waals surface area contributed by atoms with E-state index in [0.29, 0.717) is 19.6 Å². The van der Waals surface area contributed by atoms with Crippen LogP contribution in [0, 0.1) is 6.92 Å². The molecule has 1 saturated heterocycles. The van der Waals surface area contributed by atoms with Gasteiger partial charge in [-0.05, 0) is 31.0 Å². The second kappa shape index (κ2) is 7.99. The van der Waals surface area contributed by atoms with Gasteiger partial charge in [0.15, 0.2) is 0 Å². The van der Waals surface area contributed by atoms with Crippen molar-refractivity contribution in [1.29, 1.82) is 0 Å². The lowest BCUT2D eigenvalue weighted by Crippen LogP contribution is -2.53. The highest BCUT2D eigenvalue weighted by Gasteiger charge is 2.28. The highest BCUT2D eigenvalue weighted by atomic mass is 16.2. The van der Waals surface area contributed by atoms with E-state index in [0.717, 1.165) is 25.9 Å². The van der Waals surface area contributed by atoms with Crippen LogP contribution in [0.2, 0.25) is 0 Å². The van der Waals surface area contributed by atoms with Crippen LogP contribution in [0.3, 0.4) is 0 Å². The molecule has 0 unspecified atom stereocenters. The lowest BCUT2D eigenvalue weighted by molar-refractivity contribution is -0.151. The predicted molar refractivity (Wildman–Crippen MR) is 92.5 cm³/mol. The largest absolute Gasteiger partial charge is 0.368 e. The Hall–Kier alpha value is -2.04. The maximum atomic E-state index is 12.3. The van der Waals surface area contributed by atoms with E-state index in [2.05, 4.69) is 43.0 Å². The van der Waals surface area contributed by atoms with Crippen LogP contribution in [0.4, 0.5) is 5.69 Å². The molecule has 23 heavy (non-hydrogen) atoms. The van der Waals surface area contributed by atoms with Crippen molar-refractivity contribution in [3.8, 4) is 0 Å². The number of likely N-dealkylation sites (N-methyl/N-ethyl adjacent to an activating group) is 1. The van der Waals surface area contributed by atoms with Gasteiger partial charge in [-0.3, -0.25) is 9.59 Å². The first-order valence-corrected chi connectivity index (χ1v) is 8.39. The van der Waals surface area contributed by atoms with E-state index in [4.69, 9.17) is 0 Å². The number of carbonyl (C=O) groups is 2. The van der Waals surface area contributed by atoms with Gasteiger partial charge >= 0.3 is 11.8 Å². The van der Waals surface area contributed by atoms with Crippen LogP contribution in [-0.4, -0.2) is 61.4 Å². The molecule has 0 aliphatic carbocycles. The van der Waals surface area contributed by atoms with E-state index in [9.17, 15) is 9.59 Å². The molecule has 1 heterocycles. The zero-order valence-corrected chi connectivity index (χ0v) is 14.4. The Balaban J connectivity index is 1.88. The smallest absolute Gasteiger partial charge is 0.312 e. The minimum absolute atomic E-state index is 0.368. The summed E-state index contributed by atoms with van der Waals surface area (Å²) in [5.74, 6) is -0.755. The Kier molecular flexibility index (Phi) is 6.02. The molecule has 1 aliphatic rings. The second-order valence-corrected chi connectivity index (χ2v) is 6.20. The number of amides is 2. The summed E-state index contributed by atoms with van der Waals surface area (Å²) in [6.07, 6.45) is 1.94. The summed E-state index contributed by atoms with van der Waals surface area (Å²) in [5, 5.41) is 0. The monoisotopic (exact) mass is 317 g/mol. The summed E-state index contributed by atoms with van der Waals surface area (Å²) in [5.41, 5.74) is 2.41. The average molecular weight is 317 g/mol. The quantitative estimate of drug-likeness (QED) is 0.797. The summed E-state index contributed by atoms with van der Waals surface area (Å²) >= 11 is 0. The van der Waals surface area contributed by atoms with Crippen LogP contribution in [0.5, 0.6) is 0 Å². The summed E-state index contributed by atoms with van der Waals surface area (Å²) < 4.78 is 0. The fourth-order valence-corrected chi connectivity index (χ4v) is 2.79. The van der Waals surface area contributed by atoms with Crippen molar-refractivity contribution in [2.24, 2.45) is 0 Å². The van der Waals surface area contributed by atoms with Crippen LogP contribution < -0.4 is 4.90 Å². The topological polar surface area (TPSA) is 43.9 Å². The van der Waals surface area contributed by atoms with Crippen LogP contribution in [0.25, 0.3) is 0 Å². The number of aryl methyl sites for hydroxylation is 1. The van der Waals surface area contributed by atoms with Gasteiger partial charge in [0.2, 0.25) is 0 Å². The van der Waals surface area contributed by atoms with Gasteiger partial charge in [0.25, 0.3) is 0 Å². The number of hydrogen-bond donors (Lipinski definition) is 0. The van der Waals surface area contributed by atoms with E-state index in [1.165, 1.54) is 11.3 Å². The summed E-state index contributed by atoms with van der Waals surface area (Å²) in [6.45, 7) is 7.52. The third kappa shape index (κ3) is 4.47. The molecule has 126 valence electrons. The van der Waals surface area contributed by atoms with E-state index >= 15 is 0 Å². The number of unbranched alkanes of at least 4 members (excludes halogenated alkanes) is 1. The van der Waals surface area contributed by atoms with Crippen molar-refractivity contribution >= 4 is 17.5 Å². The van der Waals surface area contributed by atoms with E-state index in [-0.39, 0.29) is 11.8 Å². The Morgan fingerprint density at radius 3 is 2.48 bits per heavy atom. The van der Waals surface area contributed by atoms with Crippen LogP contribution in [0.1, 0.15) is 25.3 Å². The van der Waals surface area contributed by atoms with Gasteiger partial charge in [0.1, 0.15) is 0 Å². The molecule has 5 nitrogen and oxygen atoms in total. The minimum atomic E-state index is -0.387. The van der Waals surface area contributed by atoms with E-state index in [1.807, 2.05) is 0 Å². The number of nitrogens with zero attached hydrogens (tertiary/aromatic N) is 3. The van der Waals surface area contributed by atoms with Crippen molar-refractivity contribution in [2.75, 3.05) is 44.7 Å². The first-order chi connectivity index (χ1) is 11.0. The standard InChI is InChI=1S/C18H27N3O2/c1-4-5-9-19(3)17(22)18(23)21-12-10-20(11-13-21)16-8-6-7-15(2)14-16/h6-8,14H,4-5,9-13H2,1-3H3. The van der Waals surface area contributed by atoms with Crippen LogP contribution in [-0.2, 0) is 9.59 Å². The molecular weight excluding hydrogens is 290 g/mol. The maximum Gasteiger partial charge on any atom is 0.312 e. The van der Waals surface area contributed by atoms with Gasteiger partial charge < -0.3 is 14.7 Å². The molecule has 0 bridgehead atoms. The zero-order valence-electron chi connectivity index (χ0n) is 14.4. The molecule has 1 fully saturated rings. The minimum Gasteiger partial charge on any atom is -0.368 e. The number of rotatable bonds is 4. The SMILES string of the molecule is CCCCN(C)C(=O)C(=O)N1CCN(c2cccc(C)c2)CC1. The van der Waals surface area contributed by atoms with Crippen molar-refractivity contribution in [2.45, 2.75) is 26.7 Å². The van der Waals surface area contributed by atoms with E-state index in [1.54, 1.807) is 16.8 Å². The molecule has 0 N–H and O–H groups in total. The molecule has 0 saturated carbocycles. The van der Waals surface area contributed by atoms with Crippen molar-refractivity contribution in [1.82, 2.24) is 9.80 Å². The lowest BCUT2D eigenvalue weighted by atomic mass is 10.2. The van der Waals surface area contributed by atoms with E-state index < -0.39 is 0 Å². The first-order valence-electron chi connectivity index (χ1n) is 8.39. The number of hydrogen-bond acceptors (Lipinski definition) is 3. The molecule has 1 aromatic rings. The second-order valence-electron chi connectivity index (χ2n) is 6.20. The zero-order chi connectivity index (χ0) is 16.8. The van der Waals surface area contributed by atoms with Gasteiger partial charge in [-0.15, -0.1) is 0 Å². The molecule has 2 rings (SSSR count). The van der Waals surface area contributed by atoms with Crippen molar-refractivity contribution in [3.05, 3.63) is 29.8 Å². The lowest BCUT2D eigenvalue weighted by Gasteiger charge is -2.36. The van der Waals surface area contributed by atoms with Gasteiger partial charge in [0.05, 0.1) is 0 Å². The highest BCUT2D eigenvalue weighted by molar-refractivity contribution is 6.34. The van der Waals surface area contributed by atoms with Crippen LogP contribution >= 0.6 is 0 Å². The molecule has 0 aromatic heterocycles. The number of benzene rings is 1. The Bertz CT molecular complexity index is 551. The third-order valence-corrected chi connectivity index (χ3v) is 4.31. The highest BCUT2D eigenvalue weighted by Crippen LogP contribution is 2.18. The Morgan fingerprint density at radius 2 is 1.87 bits per heavy atom. The fourth-order valence-electron chi connectivity index (χ4n) is 2.79. The third-order valence-electron chi connectivity index (χ3n) is 4.31. The summed E-state index contributed by atoms with van der Waals surface area (Å²) in [6, 6.07) is 8.37. The molecule has 5 heteroatoms. The summed E-state index contributed by atoms with van der Waals surface area (Å²) in [7, 11) is 1.71. The molecular formula is C18H27N3O2. The Morgan fingerprint density at radius 1 is 1.17 bits per heavy atom. The first kappa shape index (κ1) is 17.3. The summed E-state index contributed by atoms with van der Waals surface area (Å²) in [4.78, 5) is 30.0. The predicted octanol–water partition coefficient (Wildman–Crippen LogP) is 1.90. The van der Waals surface area contributed by atoms with Gasteiger partial charge in [0, 0.05) is 45.5 Å². The van der Waals surface area contributed by atoms with Gasteiger partial charge in [-0.25, -0.2) is 0 Å². The average Bonchev–Trinajstić information content (AvgIpc) is 2.58. The number of anilines is 1. The van der Waals surface area contributed by atoms with Crippen LogP contribution in [0.15, 0.2) is 24.3 Å².